The fraction of sp³-hybridized carbons (Fsp3) is 0.647. The number of amides is 1. The molecule has 0 radical (unpaired) electrons. The summed E-state index contributed by atoms with van der Waals surface area (Å²) in [6, 6.07) is 4.06. The van der Waals surface area contributed by atoms with Gasteiger partial charge in [0.05, 0.1) is 12.3 Å². The first-order valence-corrected chi connectivity index (χ1v) is 8.35. The van der Waals surface area contributed by atoms with Crippen molar-refractivity contribution in [1.29, 1.82) is 0 Å². The van der Waals surface area contributed by atoms with Crippen molar-refractivity contribution in [3.05, 3.63) is 23.7 Å². The highest BCUT2D eigenvalue weighted by Crippen LogP contribution is 2.19. The molecular weight excluding hydrogens is 294 g/mol. The number of furan rings is 1. The maximum absolute atomic E-state index is 12.0. The van der Waals surface area contributed by atoms with Crippen LogP contribution in [-0.2, 0) is 16.2 Å². The summed E-state index contributed by atoms with van der Waals surface area (Å²) >= 11 is 0. The normalized spacial score (nSPS) is 22.7. The zero-order chi connectivity index (χ0) is 16.2. The van der Waals surface area contributed by atoms with Gasteiger partial charge in [0.2, 0.25) is 6.10 Å². The molecule has 6 heteroatoms. The predicted octanol–water partition coefficient (Wildman–Crippen LogP) is 2.08. The smallest absolute Gasteiger partial charge is 0.264 e. The van der Waals surface area contributed by atoms with Crippen LogP contribution in [0.25, 0.3) is 0 Å². The van der Waals surface area contributed by atoms with Crippen LogP contribution < -0.4 is 5.32 Å². The second-order valence-electron chi connectivity index (χ2n) is 6.60. The van der Waals surface area contributed by atoms with Crippen LogP contribution in [0.3, 0.4) is 0 Å². The standard InChI is InChI=1S/C17H25N3O3/c1-12-9-16(23-19-12)17(21)18-10-14-5-7-20(8-6-14)11-15-4-3-13(2)22-15/h3-4,14,16H,5-11H2,1-2H3,(H,18,21)/t16-/m0/s1. The molecule has 1 N–H and O–H groups in total. The van der Waals surface area contributed by atoms with Crippen LogP contribution in [0.4, 0.5) is 0 Å². The second kappa shape index (κ2) is 7.17. The SMILES string of the molecule is CC1=NO[C@H](C(=O)NCC2CCN(Cc3ccc(C)o3)CC2)C1. The van der Waals surface area contributed by atoms with Crippen LogP contribution in [0.5, 0.6) is 0 Å². The Morgan fingerprint density at radius 3 is 2.74 bits per heavy atom. The summed E-state index contributed by atoms with van der Waals surface area (Å²) in [7, 11) is 0. The van der Waals surface area contributed by atoms with Gasteiger partial charge >= 0.3 is 0 Å². The molecule has 1 amide bonds. The third-order valence-electron chi connectivity index (χ3n) is 4.56. The monoisotopic (exact) mass is 319 g/mol. The predicted molar refractivity (Wildman–Crippen MR) is 87.1 cm³/mol. The first kappa shape index (κ1) is 16.1. The van der Waals surface area contributed by atoms with E-state index < -0.39 is 6.10 Å². The largest absolute Gasteiger partial charge is 0.465 e. The van der Waals surface area contributed by atoms with Gasteiger partial charge in [-0.1, -0.05) is 5.16 Å². The zero-order valence-corrected chi connectivity index (χ0v) is 13.9. The summed E-state index contributed by atoms with van der Waals surface area (Å²) in [5.41, 5.74) is 0.881. The number of piperidine rings is 1. The van der Waals surface area contributed by atoms with Gasteiger partial charge in [-0.25, -0.2) is 0 Å². The number of carbonyl (C=O) groups excluding carboxylic acids is 1. The van der Waals surface area contributed by atoms with Gasteiger partial charge in [-0.15, -0.1) is 0 Å². The molecule has 0 unspecified atom stereocenters. The number of rotatable bonds is 5. The third-order valence-corrected chi connectivity index (χ3v) is 4.56. The molecule has 126 valence electrons. The number of likely N-dealkylation sites (tertiary alicyclic amines) is 1. The molecule has 0 aliphatic carbocycles. The van der Waals surface area contributed by atoms with Crippen LogP contribution in [0.2, 0.25) is 0 Å². The van der Waals surface area contributed by atoms with Crippen LogP contribution in [-0.4, -0.2) is 42.3 Å². The number of nitrogens with zero attached hydrogens (tertiary/aromatic N) is 2. The van der Waals surface area contributed by atoms with Crippen LogP contribution in [0.1, 0.15) is 37.7 Å². The fourth-order valence-corrected chi connectivity index (χ4v) is 3.13. The van der Waals surface area contributed by atoms with Crippen molar-refractivity contribution in [1.82, 2.24) is 10.2 Å². The van der Waals surface area contributed by atoms with Gasteiger partial charge in [0.25, 0.3) is 5.91 Å². The van der Waals surface area contributed by atoms with E-state index in [1.165, 1.54) is 0 Å². The van der Waals surface area contributed by atoms with E-state index in [4.69, 9.17) is 9.25 Å². The first-order chi connectivity index (χ1) is 11.1. The van der Waals surface area contributed by atoms with Crippen LogP contribution in [0, 0.1) is 12.8 Å². The zero-order valence-electron chi connectivity index (χ0n) is 13.9. The minimum Gasteiger partial charge on any atom is -0.465 e. The number of aryl methyl sites for hydroxylation is 1. The molecule has 1 aromatic heterocycles. The van der Waals surface area contributed by atoms with Crippen molar-refractivity contribution in [2.45, 2.75) is 45.8 Å². The maximum Gasteiger partial charge on any atom is 0.264 e. The van der Waals surface area contributed by atoms with Gasteiger partial charge in [0.1, 0.15) is 11.5 Å². The molecule has 0 bridgehead atoms. The number of hydrogen-bond acceptors (Lipinski definition) is 5. The van der Waals surface area contributed by atoms with Crippen molar-refractivity contribution >= 4 is 11.6 Å². The lowest BCUT2D eigenvalue weighted by atomic mass is 9.96. The third kappa shape index (κ3) is 4.34. The molecule has 3 heterocycles. The highest BCUT2D eigenvalue weighted by atomic mass is 16.6. The van der Waals surface area contributed by atoms with Gasteiger partial charge in [-0.05, 0) is 57.8 Å². The Labute approximate surface area is 136 Å². The fourth-order valence-electron chi connectivity index (χ4n) is 3.13. The van der Waals surface area contributed by atoms with Gasteiger partial charge in [-0.3, -0.25) is 9.69 Å². The molecule has 1 aromatic rings. The van der Waals surface area contributed by atoms with Gasteiger partial charge < -0.3 is 14.6 Å². The molecule has 0 aromatic carbocycles. The van der Waals surface area contributed by atoms with E-state index >= 15 is 0 Å². The molecule has 1 atom stereocenters. The van der Waals surface area contributed by atoms with Gasteiger partial charge in [0.15, 0.2) is 0 Å². The Kier molecular flexibility index (Phi) is 5.00. The minimum atomic E-state index is -0.433. The Balaban J connectivity index is 1.35. The van der Waals surface area contributed by atoms with E-state index in [1.54, 1.807) is 0 Å². The summed E-state index contributed by atoms with van der Waals surface area (Å²) in [6.07, 6.45) is 2.37. The van der Waals surface area contributed by atoms with E-state index in [0.717, 1.165) is 56.3 Å². The highest BCUT2D eigenvalue weighted by Gasteiger charge is 2.27. The summed E-state index contributed by atoms with van der Waals surface area (Å²) in [5.74, 6) is 2.49. The van der Waals surface area contributed by atoms with Crippen LogP contribution >= 0.6 is 0 Å². The molecule has 23 heavy (non-hydrogen) atoms. The maximum atomic E-state index is 12.0. The Morgan fingerprint density at radius 2 is 2.13 bits per heavy atom. The van der Waals surface area contributed by atoms with Crippen molar-refractivity contribution in [2.24, 2.45) is 11.1 Å². The quantitative estimate of drug-likeness (QED) is 0.902. The summed E-state index contributed by atoms with van der Waals surface area (Å²) in [6.45, 7) is 7.54. The molecule has 3 rings (SSSR count). The Bertz CT molecular complexity index is 573. The molecule has 0 saturated carbocycles. The van der Waals surface area contributed by atoms with Gasteiger partial charge in [-0.2, -0.15) is 0 Å². The molecule has 1 saturated heterocycles. The van der Waals surface area contributed by atoms with E-state index in [2.05, 4.69) is 15.4 Å². The molecule has 1 fully saturated rings. The van der Waals surface area contributed by atoms with E-state index in [9.17, 15) is 4.79 Å². The number of nitrogens with one attached hydrogen (secondary N) is 1. The summed E-state index contributed by atoms with van der Waals surface area (Å²) in [4.78, 5) is 19.5. The Hall–Kier alpha value is -1.82. The lowest BCUT2D eigenvalue weighted by molar-refractivity contribution is -0.131. The van der Waals surface area contributed by atoms with Crippen molar-refractivity contribution in [3.8, 4) is 0 Å². The summed E-state index contributed by atoms with van der Waals surface area (Å²) in [5, 5.41) is 6.83. The first-order valence-electron chi connectivity index (χ1n) is 8.35. The average molecular weight is 319 g/mol. The molecule has 2 aliphatic rings. The van der Waals surface area contributed by atoms with Crippen molar-refractivity contribution in [3.63, 3.8) is 0 Å². The highest BCUT2D eigenvalue weighted by molar-refractivity contribution is 5.91. The van der Waals surface area contributed by atoms with Crippen molar-refractivity contribution in [2.75, 3.05) is 19.6 Å². The van der Waals surface area contributed by atoms with E-state index in [0.29, 0.717) is 12.3 Å². The van der Waals surface area contributed by atoms with E-state index in [-0.39, 0.29) is 5.91 Å². The molecular formula is C17H25N3O3. The number of hydrogen-bond donors (Lipinski definition) is 1. The lowest BCUT2D eigenvalue weighted by Gasteiger charge is -2.31. The van der Waals surface area contributed by atoms with Gasteiger partial charge in [0, 0.05) is 13.0 Å². The molecule has 2 aliphatic heterocycles. The minimum absolute atomic E-state index is 0.0425. The van der Waals surface area contributed by atoms with E-state index in [1.807, 2.05) is 26.0 Å². The van der Waals surface area contributed by atoms with Crippen molar-refractivity contribution < 1.29 is 14.0 Å². The van der Waals surface area contributed by atoms with Crippen LogP contribution in [0.15, 0.2) is 21.7 Å². The number of carbonyl (C=O) groups is 1. The number of oxime groups is 1. The second-order valence-corrected chi connectivity index (χ2v) is 6.60. The molecule has 6 nitrogen and oxygen atoms in total. The topological polar surface area (TPSA) is 67.1 Å². The molecule has 0 spiro atoms. The Morgan fingerprint density at radius 1 is 1.35 bits per heavy atom. The lowest BCUT2D eigenvalue weighted by Crippen LogP contribution is -2.41. The average Bonchev–Trinajstić information content (AvgIpc) is 3.15. The summed E-state index contributed by atoms with van der Waals surface area (Å²) < 4.78 is 5.63.